The first kappa shape index (κ1) is 15.4. The number of carbonyl (C=O) groups is 1. The highest BCUT2D eigenvalue weighted by molar-refractivity contribution is 5.87. The highest BCUT2D eigenvalue weighted by Crippen LogP contribution is 2.34. The average Bonchev–Trinajstić information content (AvgIpc) is 2.76. The first-order valence-electron chi connectivity index (χ1n) is 8.05. The van der Waals surface area contributed by atoms with Gasteiger partial charge in [-0.05, 0) is 45.7 Å². The van der Waals surface area contributed by atoms with Crippen molar-refractivity contribution < 1.29 is 4.79 Å². The lowest BCUT2D eigenvalue weighted by Gasteiger charge is -2.38. The Morgan fingerprint density at radius 2 is 1.95 bits per heavy atom. The number of rotatable bonds is 4. The van der Waals surface area contributed by atoms with Gasteiger partial charge in [-0.2, -0.15) is 0 Å². The van der Waals surface area contributed by atoms with Crippen LogP contribution < -0.4 is 11.1 Å². The van der Waals surface area contributed by atoms with Gasteiger partial charge in [-0.25, -0.2) is 9.97 Å². The number of nitrogens with zero attached hydrogens (tertiary/aromatic N) is 3. The van der Waals surface area contributed by atoms with Crippen molar-refractivity contribution in [3.63, 3.8) is 0 Å². The minimum atomic E-state index is -0.871. The predicted molar refractivity (Wildman–Crippen MR) is 84.2 cm³/mol. The molecule has 1 aromatic heterocycles. The maximum Gasteiger partial charge on any atom is 0.235 e. The van der Waals surface area contributed by atoms with E-state index in [4.69, 9.17) is 5.73 Å². The number of amides is 1. The molecule has 6 heteroatoms. The summed E-state index contributed by atoms with van der Waals surface area (Å²) in [7, 11) is 2.20. The minimum absolute atomic E-state index is 0.0600. The molecule has 2 bridgehead atoms. The van der Waals surface area contributed by atoms with E-state index in [0.29, 0.717) is 17.9 Å². The molecule has 2 saturated heterocycles. The van der Waals surface area contributed by atoms with Gasteiger partial charge in [0.25, 0.3) is 0 Å². The first-order valence-corrected chi connectivity index (χ1v) is 8.05. The fourth-order valence-corrected chi connectivity index (χ4v) is 3.74. The highest BCUT2D eigenvalue weighted by atomic mass is 16.2. The topological polar surface area (TPSA) is 84.1 Å². The third-order valence-corrected chi connectivity index (χ3v) is 5.40. The van der Waals surface area contributed by atoms with E-state index < -0.39 is 5.41 Å². The Labute approximate surface area is 131 Å². The van der Waals surface area contributed by atoms with Crippen LogP contribution in [-0.4, -0.2) is 52.5 Å². The number of fused-ring (bicyclic) bond motifs is 2. The molecule has 1 amide bonds. The van der Waals surface area contributed by atoms with Gasteiger partial charge in [-0.3, -0.25) is 4.79 Å². The molecule has 0 spiro atoms. The molecule has 22 heavy (non-hydrogen) atoms. The second kappa shape index (κ2) is 5.93. The zero-order chi connectivity index (χ0) is 15.7. The van der Waals surface area contributed by atoms with Gasteiger partial charge in [0.05, 0.1) is 0 Å². The lowest BCUT2D eigenvalue weighted by Crippen LogP contribution is -2.55. The van der Waals surface area contributed by atoms with Crippen LogP contribution in [0.1, 0.15) is 38.4 Å². The largest absolute Gasteiger partial charge is 0.352 e. The summed E-state index contributed by atoms with van der Waals surface area (Å²) in [5.74, 6) is 0.432. The monoisotopic (exact) mass is 303 g/mol. The third kappa shape index (κ3) is 2.61. The summed E-state index contributed by atoms with van der Waals surface area (Å²) in [5, 5.41) is 3.20. The van der Waals surface area contributed by atoms with Crippen molar-refractivity contribution in [1.29, 1.82) is 0 Å². The zero-order valence-electron chi connectivity index (χ0n) is 13.3. The van der Waals surface area contributed by atoms with Crippen LogP contribution in [-0.2, 0) is 10.2 Å². The molecule has 6 nitrogen and oxygen atoms in total. The lowest BCUT2D eigenvalue weighted by molar-refractivity contribution is -0.127. The molecule has 0 aliphatic carbocycles. The Morgan fingerprint density at radius 3 is 2.50 bits per heavy atom. The summed E-state index contributed by atoms with van der Waals surface area (Å²) in [6.07, 6.45) is 7.83. The number of nitrogens with two attached hydrogens (primary N) is 1. The van der Waals surface area contributed by atoms with Crippen molar-refractivity contribution in [3.05, 3.63) is 24.3 Å². The average molecular weight is 303 g/mol. The molecule has 1 aromatic rings. The molecule has 2 aliphatic heterocycles. The fraction of sp³-hybridized carbons (Fsp3) is 0.688. The molecule has 2 fully saturated rings. The van der Waals surface area contributed by atoms with Crippen LogP contribution >= 0.6 is 0 Å². The van der Waals surface area contributed by atoms with Crippen molar-refractivity contribution in [2.24, 2.45) is 5.73 Å². The van der Waals surface area contributed by atoms with E-state index in [1.807, 2.05) is 6.92 Å². The van der Waals surface area contributed by atoms with Crippen molar-refractivity contribution in [2.45, 2.75) is 56.1 Å². The summed E-state index contributed by atoms with van der Waals surface area (Å²) >= 11 is 0. The van der Waals surface area contributed by atoms with Crippen LogP contribution in [0.5, 0.6) is 0 Å². The van der Waals surface area contributed by atoms with E-state index in [-0.39, 0.29) is 18.5 Å². The molecule has 3 N–H and O–H groups in total. The van der Waals surface area contributed by atoms with E-state index >= 15 is 0 Å². The van der Waals surface area contributed by atoms with Crippen LogP contribution in [0.3, 0.4) is 0 Å². The number of hydrogen-bond acceptors (Lipinski definition) is 5. The van der Waals surface area contributed by atoms with Crippen LogP contribution in [0.2, 0.25) is 0 Å². The smallest absolute Gasteiger partial charge is 0.235 e. The predicted octanol–water partition coefficient (Wildman–Crippen LogP) is 0.434. The molecule has 0 radical (unpaired) electrons. The molecule has 3 rings (SSSR count). The summed E-state index contributed by atoms with van der Waals surface area (Å²) in [6.45, 7) is 2.02. The Bertz CT molecular complexity index is 523. The Morgan fingerprint density at radius 1 is 1.36 bits per heavy atom. The van der Waals surface area contributed by atoms with E-state index in [1.54, 1.807) is 18.5 Å². The number of nitrogens with one attached hydrogen (secondary N) is 1. The number of piperidine rings is 1. The van der Waals surface area contributed by atoms with Gasteiger partial charge in [-0.15, -0.1) is 0 Å². The van der Waals surface area contributed by atoms with Crippen LogP contribution in [0, 0.1) is 0 Å². The molecular weight excluding hydrogens is 278 g/mol. The molecule has 3 atom stereocenters. The van der Waals surface area contributed by atoms with Gasteiger partial charge in [0, 0.05) is 37.1 Å². The van der Waals surface area contributed by atoms with E-state index in [9.17, 15) is 4.79 Å². The molecule has 0 saturated carbocycles. The van der Waals surface area contributed by atoms with Crippen molar-refractivity contribution >= 4 is 5.91 Å². The van der Waals surface area contributed by atoms with E-state index in [2.05, 4.69) is 27.2 Å². The third-order valence-electron chi connectivity index (χ3n) is 5.40. The van der Waals surface area contributed by atoms with E-state index in [0.717, 1.165) is 12.8 Å². The van der Waals surface area contributed by atoms with Gasteiger partial charge in [0.15, 0.2) is 0 Å². The van der Waals surface area contributed by atoms with Gasteiger partial charge < -0.3 is 16.0 Å². The zero-order valence-corrected chi connectivity index (χ0v) is 13.3. The van der Waals surface area contributed by atoms with Crippen molar-refractivity contribution in [1.82, 2.24) is 20.2 Å². The summed E-state index contributed by atoms with van der Waals surface area (Å²) in [5.41, 5.74) is 5.01. The summed E-state index contributed by atoms with van der Waals surface area (Å²) in [4.78, 5) is 23.7. The lowest BCUT2D eigenvalue weighted by atomic mass is 9.87. The number of carbonyl (C=O) groups excluding carboxylic acids is 1. The van der Waals surface area contributed by atoms with Gasteiger partial charge in [0.2, 0.25) is 5.91 Å². The normalized spacial score (nSPS) is 30.8. The number of aromatic nitrogens is 2. The Hall–Kier alpha value is -1.53. The van der Waals surface area contributed by atoms with Crippen LogP contribution in [0.4, 0.5) is 0 Å². The highest BCUT2D eigenvalue weighted by Gasteiger charge is 2.42. The summed E-state index contributed by atoms with van der Waals surface area (Å²) < 4.78 is 0. The molecule has 2 aliphatic rings. The Kier molecular flexibility index (Phi) is 4.14. The number of hydrogen-bond donors (Lipinski definition) is 2. The minimum Gasteiger partial charge on any atom is -0.352 e. The maximum atomic E-state index is 12.8. The molecular formula is C16H25N5O. The Balaban J connectivity index is 1.71. The molecule has 120 valence electrons. The molecule has 0 aromatic carbocycles. The molecule has 3 unspecified atom stereocenters. The molecule has 3 heterocycles. The van der Waals surface area contributed by atoms with Gasteiger partial charge in [-0.1, -0.05) is 0 Å². The van der Waals surface area contributed by atoms with Gasteiger partial charge >= 0.3 is 0 Å². The second-order valence-corrected chi connectivity index (χ2v) is 6.80. The fourth-order valence-electron chi connectivity index (χ4n) is 3.74. The van der Waals surface area contributed by atoms with Crippen molar-refractivity contribution in [3.8, 4) is 0 Å². The quantitative estimate of drug-likeness (QED) is 0.843. The summed E-state index contributed by atoms with van der Waals surface area (Å²) in [6, 6.07) is 3.17. The SMILES string of the molecule is CN1C2CCC1CC(NC(=O)C(C)(CN)c1ncccn1)C2. The second-order valence-electron chi connectivity index (χ2n) is 6.80. The van der Waals surface area contributed by atoms with Crippen molar-refractivity contribution in [2.75, 3.05) is 13.6 Å². The van der Waals surface area contributed by atoms with Crippen LogP contribution in [0.15, 0.2) is 18.5 Å². The maximum absolute atomic E-state index is 12.8. The standard InChI is InChI=1S/C16H25N5O/c1-16(10-17,14-18-6-3-7-19-14)15(22)20-11-8-12-4-5-13(9-11)21(12)2/h3,6-7,11-13H,4-5,8-10,17H2,1-2H3,(H,20,22). The first-order chi connectivity index (χ1) is 10.5. The van der Waals surface area contributed by atoms with Crippen LogP contribution in [0.25, 0.3) is 0 Å². The van der Waals surface area contributed by atoms with E-state index in [1.165, 1.54) is 12.8 Å². The van der Waals surface area contributed by atoms with Gasteiger partial charge in [0.1, 0.15) is 11.2 Å².